The normalized spacial score (nSPS) is 17.4. The van der Waals surface area contributed by atoms with Crippen molar-refractivity contribution in [3.05, 3.63) is 0 Å². The van der Waals surface area contributed by atoms with E-state index in [-0.39, 0.29) is 9.86 Å². The molecule has 0 heterocycles. The van der Waals surface area contributed by atoms with E-state index in [1.54, 1.807) is 0 Å². The van der Waals surface area contributed by atoms with Crippen LogP contribution in [0.1, 0.15) is 34.6 Å². The molecule has 2 atom stereocenters. The minimum Gasteiger partial charge on any atom is -0.467 e. The standard InChI is InChI=1S/C11H20O4S/c1-7(8(12)16-10(2,3)4)11(5,14)9(13)15-6/h7,14H,1-6H3/t7-,11-/m0/s1. The predicted molar refractivity (Wildman–Crippen MR) is 64.2 cm³/mol. The molecule has 0 unspecified atom stereocenters. The van der Waals surface area contributed by atoms with E-state index >= 15 is 0 Å². The molecular weight excluding hydrogens is 228 g/mol. The summed E-state index contributed by atoms with van der Waals surface area (Å²) >= 11 is 1.11. The molecule has 0 saturated heterocycles. The van der Waals surface area contributed by atoms with Gasteiger partial charge in [-0.05, 0) is 6.92 Å². The maximum Gasteiger partial charge on any atom is 0.338 e. The molecular formula is C11H20O4S. The summed E-state index contributed by atoms with van der Waals surface area (Å²) < 4.78 is 4.23. The summed E-state index contributed by atoms with van der Waals surface area (Å²) in [7, 11) is 1.19. The first-order chi connectivity index (χ1) is 7.02. The summed E-state index contributed by atoms with van der Waals surface area (Å²) in [6, 6.07) is 0. The maximum atomic E-state index is 11.8. The monoisotopic (exact) mass is 248 g/mol. The molecule has 5 heteroatoms. The zero-order chi connectivity index (χ0) is 13.1. The number of thioether (sulfide) groups is 1. The third kappa shape index (κ3) is 4.14. The SMILES string of the molecule is COC(=O)[C@@](C)(O)[C@@H](C)C(=O)SC(C)(C)C. The van der Waals surface area contributed by atoms with Crippen LogP contribution in [0.3, 0.4) is 0 Å². The van der Waals surface area contributed by atoms with Crippen molar-refractivity contribution in [2.24, 2.45) is 5.92 Å². The molecule has 0 aliphatic carbocycles. The van der Waals surface area contributed by atoms with Gasteiger partial charge in [-0.15, -0.1) is 0 Å². The van der Waals surface area contributed by atoms with Gasteiger partial charge in [0.25, 0.3) is 0 Å². The van der Waals surface area contributed by atoms with Gasteiger partial charge in [0.05, 0.1) is 13.0 Å². The predicted octanol–water partition coefficient (Wildman–Crippen LogP) is 1.60. The van der Waals surface area contributed by atoms with Crippen LogP contribution < -0.4 is 0 Å². The first-order valence-electron chi connectivity index (χ1n) is 5.06. The minimum absolute atomic E-state index is 0.220. The van der Waals surface area contributed by atoms with Crippen molar-refractivity contribution in [1.29, 1.82) is 0 Å². The van der Waals surface area contributed by atoms with Gasteiger partial charge >= 0.3 is 5.97 Å². The maximum absolute atomic E-state index is 11.8. The molecule has 4 nitrogen and oxygen atoms in total. The van der Waals surface area contributed by atoms with E-state index in [4.69, 9.17) is 0 Å². The molecule has 0 saturated carbocycles. The zero-order valence-electron chi connectivity index (χ0n) is 10.7. The van der Waals surface area contributed by atoms with Crippen molar-refractivity contribution in [3.8, 4) is 0 Å². The summed E-state index contributed by atoms with van der Waals surface area (Å²) in [5, 5.41) is 9.69. The Balaban J connectivity index is 4.73. The quantitative estimate of drug-likeness (QED) is 0.769. The van der Waals surface area contributed by atoms with Crippen molar-refractivity contribution in [2.75, 3.05) is 7.11 Å². The molecule has 0 spiro atoms. The Labute approximate surface area is 101 Å². The number of hydrogen-bond donors (Lipinski definition) is 1. The molecule has 94 valence electrons. The van der Waals surface area contributed by atoms with E-state index in [1.807, 2.05) is 20.8 Å². The van der Waals surface area contributed by atoms with Crippen molar-refractivity contribution in [1.82, 2.24) is 0 Å². The number of methoxy groups -OCH3 is 1. The smallest absolute Gasteiger partial charge is 0.338 e. The summed E-state index contributed by atoms with van der Waals surface area (Å²) in [5.41, 5.74) is -1.77. The van der Waals surface area contributed by atoms with Crippen molar-refractivity contribution >= 4 is 22.8 Å². The number of hydrogen-bond acceptors (Lipinski definition) is 5. The van der Waals surface area contributed by atoms with E-state index in [2.05, 4.69) is 4.74 Å². The average molecular weight is 248 g/mol. The van der Waals surface area contributed by atoms with Crippen molar-refractivity contribution in [2.45, 2.75) is 45.0 Å². The second-order valence-corrected chi connectivity index (χ2v) is 6.73. The third-order valence-corrected chi connectivity index (χ3v) is 3.37. The molecule has 0 bridgehead atoms. The Morgan fingerprint density at radius 3 is 2.00 bits per heavy atom. The highest BCUT2D eigenvalue weighted by Crippen LogP contribution is 2.31. The largest absolute Gasteiger partial charge is 0.467 e. The lowest BCUT2D eigenvalue weighted by Gasteiger charge is -2.28. The van der Waals surface area contributed by atoms with Gasteiger partial charge in [0.1, 0.15) is 0 Å². The summed E-state index contributed by atoms with van der Waals surface area (Å²) in [4.78, 5) is 23.1. The molecule has 1 N–H and O–H groups in total. The molecule has 0 aromatic heterocycles. The second-order valence-electron chi connectivity index (χ2n) is 4.89. The fraction of sp³-hybridized carbons (Fsp3) is 0.818. The van der Waals surface area contributed by atoms with Crippen LogP contribution in [0.4, 0.5) is 0 Å². The molecule has 0 aromatic carbocycles. The Morgan fingerprint density at radius 1 is 1.25 bits per heavy atom. The first-order valence-corrected chi connectivity index (χ1v) is 5.87. The zero-order valence-corrected chi connectivity index (χ0v) is 11.5. The van der Waals surface area contributed by atoms with Gasteiger partial charge in [-0.3, -0.25) is 4.79 Å². The molecule has 0 fully saturated rings. The number of ether oxygens (including phenoxy) is 1. The van der Waals surface area contributed by atoms with E-state index in [1.165, 1.54) is 21.0 Å². The van der Waals surface area contributed by atoms with Gasteiger partial charge in [-0.25, -0.2) is 4.79 Å². The highest BCUT2D eigenvalue weighted by molar-refractivity contribution is 8.14. The number of carbonyl (C=O) groups excluding carboxylic acids is 2. The van der Waals surface area contributed by atoms with E-state index in [0.717, 1.165) is 11.8 Å². The van der Waals surface area contributed by atoms with Gasteiger partial charge in [0.2, 0.25) is 0 Å². The highest BCUT2D eigenvalue weighted by atomic mass is 32.2. The topological polar surface area (TPSA) is 63.6 Å². The Morgan fingerprint density at radius 2 is 1.69 bits per heavy atom. The summed E-state index contributed by atoms with van der Waals surface area (Å²) in [6.07, 6.45) is 0. The van der Waals surface area contributed by atoms with Crippen molar-refractivity contribution in [3.63, 3.8) is 0 Å². The third-order valence-electron chi connectivity index (χ3n) is 2.20. The van der Waals surface area contributed by atoms with Gasteiger partial charge < -0.3 is 9.84 Å². The summed E-state index contributed by atoms with van der Waals surface area (Å²) in [6.45, 7) is 8.52. The molecule has 0 aromatic rings. The van der Waals surface area contributed by atoms with Crippen LogP contribution >= 0.6 is 11.8 Å². The van der Waals surface area contributed by atoms with Crippen LogP contribution in [0.2, 0.25) is 0 Å². The Hall–Kier alpha value is -0.550. The van der Waals surface area contributed by atoms with Gasteiger partial charge in [-0.1, -0.05) is 39.5 Å². The van der Waals surface area contributed by atoms with Crippen LogP contribution in [-0.2, 0) is 14.3 Å². The molecule has 0 amide bonds. The molecule has 0 aliphatic heterocycles. The van der Waals surface area contributed by atoms with E-state index in [0.29, 0.717) is 0 Å². The Kier molecular flexibility index (Phi) is 5.01. The van der Waals surface area contributed by atoms with Gasteiger partial charge in [0.15, 0.2) is 10.7 Å². The molecule has 16 heavy (non-hydrogen) atoms. The number of rotatable bonds is 3. The van der Waals surface area contributed by atoms with Crippen LogP contribution in [0.5, 0.6) is 0 Å². The van der Waals surface area contributed by atoms with Crippen molar-refractivity contribution < 1.29 is 19.4 Å². The number of esters is 1. The second kappa shape index (κ2) is 5.19. The fourth-order valence-electron chi connectivity index (χ4n) is 1.00. The lowest BCUT2D eigenvalue weighted by molar-refractivity contribution is -0.166. The molecule has 0 aliphatic rings. The molecule has 0 rings (SSSR count). The van der Waals surface area contributed by atoms with Crippen LogP contribution in [0.25, 0.3) is 0 Å². The van der Waals surface area contributed by atoms with Crippen LogP contribution in [0.15, 0.2) is 0 Å². The van der Waals surface area contributed by atoms with E-state index < -0.39 is 17.5 Å². The Bertz CT molecular complexity index is 278. The minimum atomic E-state index is -1.77. The van der Waals surface area contributed by atoms with Gasteiger partial charge in [0, 0.05) is 4.75 Å². The first kappa shape index (κ1) is 15.4. The highest BCUT2D eigenvalue weighted by Gasteiger charge is 2.42. The number of aliphatic hydroxyl groups is 1. The average Bonchev–Trinajstić information content (AvgIpc) is 2.12. The lowest BCUT2D eigenvalue weighted by Crippen LogP contribution is -2.45. The van der Waals surface area contributed by atoms with Crippen LogP contribution in [0, 0.1) is 5.92 Å². The van der Waals surface area contributed by atoms with E-state index in [9.17, 15) is 14.7 Å². The molecule has 0 radical (unpaired) electrons. The van der Waals surface area contributed by atoms with Gasteiger partial charge in [-0.2, -0.15) is 0 Å². The number of carbonyl (C=O) groups is 2. The van der Waals surface area contributed by atoms with Crippen LogP contribution in [-0.4, -0.2) is 33.6 Å². The summed E-state index contributed by atoms with van der Waals surface area (Å²) in [5.74, 6) is -1.59. The fourth-order valence-corrected chi connectivity index (χ4v) is 2.01. The lowest BCUT2D eigenvalue weighted by atomic mass is 9.92.